The molecule has 0 aliphatic heterocycles. The van der Waals surface area contributed by atoms with Crippen LogP contribution in [-0.2, 0) is 20.6 Å². The van der Waals surface area contributed by atoms with Crippen molar-refractivity contribution in [3.8, 4) is 0 Å². The van der Waals surface area contributed by atoms with Crippen LogP contribution in [0.2, 0.25) is 18.1 Å². The van der Waals surface area contributed by atoms with Crippen LogP contribution in [0.15, 0.2) is 42.5 Å². The van der Waals surface area contributed by atoms with Gasteiger partial charge in [0, 0.05) is 5.92 Å². The van der Waals surface area contributed by atoms with Crippen molar-refractivity contribution < 1.29 is 14.0 Å². The lowest BCUT2D eigenvalue weighted by molar-refractivity contribution is -0.112. The van der Waals surface area contributed by atoms with Gasteiger partial charge in [-0.15, -0.1) is 0 Å². The van der Waals surface area contributed by atoms with Crippen LogP contribution in [0.1, 0.15) is 33.3 Å². The van der Waals surface area contributed by atoms with Gasteiger partial charge >= 0.3 is 0 Å². The molecule has 1 aromatic rings. The molecule has 24 heavy (non-hydrogen) atoms. The van der Waals surface area contributed by atoms with E-state index in [0.717, 1.165) is 11.8 Å². The van der Waals surface area contributed by atoms with Crippen LogP contribution in [0.4, 0.5) is 0 Å². The van der Waals surface area contributed by atoms with E-state index in [-0.39, 0.29) is 17.1 Å². The van der Waals surface area contributed by atoms with E-state index in [1.807, 2.05) is 49.4 Å². The molecule has 0 heterocycles. The highest BCUT2D eigenvalue weighted by Gasteiger charge is 2.39. The molecule has 0 aliphatic rings. The molecule has 0 unspecified atom stereocenters. The fourth-order valence-corrected chi connectivity index (χ4v) is 3.25. The largest absolute Gasteiger partial charge is 0.410 e. The lowest BCUT2D eigenvalue weighted by Gasteiger charge is -2.39. The minimum Gasteiger partial charge on any atom is -0.410 e. The van der Waals surface area contributed by atoms with E-state index >= 15 is 0 Å². The third-order valence-corrected chi connectivity index (χ3v) is 9.09. The molecular formula is C20H32O3Si. The number of aldehydes is 1. The maximum Gasteiger partial charge on any atom is 0.192 e. The normalized spacial score (nSPS) is 15.4. The second-order valence-electron chi connectivity index (χ2n) is 7.77. The van der Waals surface area contributed by atoms with Gasteiger partial charge in [-0.1, -0.05) is 70.2 Å². The van der Waals surface area contributed by atoms with Gasteiger partial charge in [-0.2, -0.15) is 0 Å². The standard InChI is InChI=1S/C20H32O3Si/c1-17(15-21)19(23-24(5,6)20(2,3)4)13-10-14-22-16-18-11-8-7-9-12-18/h7-13,15,17,19H,14,16H2,1-6H3/b13-10+/t17-,19-/m0/s1. The molecule has 0 aromatic heterocycles. The summed E-state index contributed by atoms with van der Waals surface area (Å²) in [5.41, 5.74) is 1.15. The Morgan fingerprint density at radius 2 is 1.79 bits per heavy atom. The van der Waals surface area contributed by atoms with Gasteiger partial charge < -0.3 is 14.0 Å². The second kappa shape index (κ2) is 9.30. The van der Waals surface area contributed by atoms with Gasteiger partial charge in [0.1, 0.15) is 6.29 Å². The summed E-state index contributed by atoms with van der Waals surface area (Å²) in [5, 5.41) is 0.117. The van der Waals surface area contributed by atoms with Crippen LogP contribution in [-0.4, -0.2) is 27.3 Å². The van der Waals surface area contributed by atoms with E-state index in [2.05, 4.69) is 33.9 Å². The van der Waals surface area contributed by atoms with Gasteiger partial charge in [0.15, 0.2) is 8.32 Å². The Balaban J connectivity index is 2.58. The second-order valence-corrected chi connectivity index (χ2v) is 12.5. The quantitative estimate of drug-likeness (QED) is 0.273. The average Bonchev–Trinajstić information content (AvgIpc) is 2.52. The number of hydrogen-bond acceptors (Lipinski definition) is 3. The third kappa shape index (κ3) is 6.71. The van der Waals surface area contributed by atoms with Crippen molar-refractivity contribution in [2.75, 3.05) is 6.61 Å². The van der Waals surface area contributed by atoms with Gasteiger partial charge in [0.25, 0.3) is 0 Å². The summed E-state index contributed by atoms with van der Waals surface area (Å²) in [7, 11) is -1.92. The van der Waals surface area contributed by atoms with Gasteiger partial charge in [-0.3, -0.25) is 0 Å². The van der Waals surface area contributed by atoms with Crippen LogP contribution in [0, 0.1) is 5.92 Å². The lowest BCUT2D eigenvalue weighted by atomic mass is 10.1. The van der Waals surface area contributed by atoms with Crippen molar-refractivity contribution >= 4 is 14.6 Å². The van der Waals surface area contributed by atoms with Crippen LogP contribution < -0.4 is 0 Å². The fourth-order valence-electron chi connectivity index (χ4n) is 1.93. The summed E-state index contributed by atoms with van der Waals surface area (Å²) in [4.78, 5) is 11.2. The minimum atomic E-state index is -1.92. The fraction of sp³-hybridized carbons (Fsp3) is 0.550. The van der Waals surface area contributed by atoms with Crippen molar-refractivity contribution in [3.05, 3.63) is 48.0 Å². The Bertz CT molecular complexity index is 517. The Morgan fingerprint density at radius 3 is 2.33 bits per heavy atom. The van der Waals surface area contributed by atoms with Gasteiger partial charge in [0.05, 0.1) is 19.3 Å². The Hall–Kier alpha value is -1.23. The van der Waals surface area contributed by atoms with Crippen molar-refractivity contribution in [1.82, 2.24) is 0 Å². The molecule has 0 saturated carbocycles. The molecule has 0 radical (unpaired) electrons. The van der Waals surface area contributed by atoms with Crippen molar-refractivity contribution in [3.63, 3.8) is 0 Å². The van der Waals surface area contributed by atoms with Gasteiger partial charge in [-0.25, -0.2) is 0 Å². The molecule has 0 amide bonds. The number of carbonyl (C=O) groups excluding carboxylic acids is 1. The summed E-state index contributed by atoms with van der Waals surface area (Å²) in [6, 6.07) is 10.1. The smallest absolute Gasteiger partial charge is 0.192 e. The zero-order valence-corrected chi connectivity index (χ0v) is 16.9. The number of rotatable bonds is 9. The molecule has 2 atom stereocenters. The first-order valence-electron chi connectivity index (χ1n) is 8.59. The monoisotopic (exact) mass is 348 g/mol. The number of carbonyl (C=O) groups is 1. The summed E-state index contributed by atoms with van der Waals surface area (Å²) >= 11 is 0. The number of benzene rings is 1. The molecule has 0 spiro atoms. The van der Waals surface area contributed by atoms with Crippen molar-refractivity contribution in [1.29, 1.82) is 0 Å². The maximum atomic E-state index is 11.2. The first-order valence-corrected chi connectivity index (χ1v) is 11.5. The van der Waals surface area contributed by atoms with E-state index < -0.39 is 8.32 Å². The molecule has 1 rings (SSSR count). The Labute approximate surface area is 148 Å². The van der Waals surface area contributed by atoms with Crippen molar-refractivity contribution in [2.24, 2.45) is 5.92 Å². The molecule has 0 saturated heterocycles. The van der Waals surface area contributed by atoms with E-state index in [1.54, 1.807) is 0 Å². The topological polar surface area (TPSA) is 35.5 Å². The van der Waals surface area contributed by atoms with Crippen LogP contribution in [0.5, 0.6) is 0 Å². The van der Waals surface area contributed by atoms with Crippen LogP contribution in [0.25, 0.3) is 0 Å². The maximum absolute atomic E-state index is 11.2. The average molecular weight is 349 g/mol. The molecule has 1 aromatic carbocycles. The Morgan fingerprint density at radius 1 is 1.17 bits per heavy atom. The molecule has 0 fully saturated rings. The number of hydrogen-bond donors (Lipinski definition) is 0. The molecule has 0 N–H and O–H groups in total. The molecule has 0 aliphatic carbocycles. The van der Waals surface area contributed by atoms with E-state index in [0.29, 0.717) is 13.2 Å². The third-order valence-electron chi connectivity index (χ3n) is 4.62. The SMILES string of the molecule is C[C@@H](C=O)[C@H](/C=C/COCc1ccccc1)O[Si](C)(C)C(C)(C)C. The van der Waals surface area contributed by atoms with Gasteiger partial charge in [0.2, 0.25) is 0 Å². The van der Waals surface area contributed by atoms with E-state index in [9.17, 15) is 4.79 Å². The zero-order chi connectivity index (χ0) is 18.2. The summed E-state index contributed by atoms with van der Waals surface area (Å²) < 4.78 is 12.0. The summed E-state index contributed by atoms with van der Waals surface area (Å²) in [6.45, 7) is 14.0. The molecule has 3 nitrogen and oxygen atoms in total. The minimum absolute atomic E-state index is 0.117. The number of ether oxygens (including phenoxy) is 1. The summed E-state index contributed by atoms with van der Waals surface area (Å²) in [5.74, 6) is -0.163. The van der Waals surface area contributed by atoms with Gasteiger partial charge in [-0.05, 0) is 23.7 Å². The predicted molar refractivity (Wildman–Crippen MR) is 103 cm³/mol. The highest BCUT2D eigenvalue weighted by Crippen LogP contribution is 2.38. The highest BCUT2D eigenvalue weighted by atomic mass is 28.4. The van der Waals surface area contributed by atoms with Crippen LogP contribution in [0.3, 0.4) is 0 Å². The molecule has 134 valence electrons. The van der Waals surface area contributed by atoms with E-state index in [1.165, 1.54) is 0 Å². The lowest BCUT2D eigenvalue weighted by Crippen LogP contribution is -2.45. The zero-order valence-electron chi connectivity index (χ0n) is 15.9. The Kier molecular flexibility index (Phi) is 8.07. The molecule has 4 heteroatoms. The molecule has 0 bridgehead atoms. The first-order chi connectivity index (χ1) is 11.2. The predicted octanol–water partition coefficient (Wildman–Crippen LogP) is 4.98. The first kappa shape index (κ1) is 20.8. The van der Waals surface area contributed by atoms with E-state index in [4.69, 9.17) is 9.16 Å². The van der Waals surface area contributed by atoms with Crippen molar-refractivity contribution in [2.45, 2.75) is 58.5 Å². The molecular weight excluding hydrogens is 316 g/mol. The highest BCUT2D eigenvalue weighted by molar-refractivity contribution is 6.74. The van der Waals surface area contributed by atoms with Crippen LogP contribution >= 0.6 is 0 Å². The summed E-state index contributed by atoms with van der Waals surface area (Å²) in [6.07, 6.45) is 4.71.